The molecule has 0 fully saturated rings. The molecule has 0 saturated heterocycles. The van der Waals surface area contributed by atoms with Gasteiger partial charge in [-0.1, -0.05) is 0 Å². The number of carbonyl (C=O) groups excluding carboxylic acids is 1. The van der Waals surface area contributed by atoms with E-state index < -0.39 is 5.54 Å². The highest BCUT2D eigenvalue weighted by molar-refractivity contribution is 6.07. The maximum absolute atomic E-state index is 12.4. The van der Waals surface area contributed by atoms with Crippen molar-refractivity contribution in [2.75, 3.05) is 13.7 Å². The van der Waals surface area contributed by atoms with Crippen LogP contribution < -0.4 is 10.1 Å². The smallest absolute Gasteiger partial charge is 0.255 e. The van der Waals surface area contributed by atoms with Crippen molar-refractivity contribution in [1.29, 1.82) is 0 Å². The van der Waals surface area contributed by atoms with Crippen molar-refractivity contribution in [1.82, 2.24) is 5.32 Å². The highest BCUT2D eigenvalue weighted by atomic mass is 16.5. The molecular weight excluding hydrogens is 258 g/mol. The number of aliphatic hydroxyl groups is 1. The van der Waals surface area contributed by atoms with E-state index in [-0.39, 0.29) is 12.5 Å². The Morgan fingerprint density at radius 2 is 2.15 bits per heavy atom. The molecule has 0 bridgehead atoms. The number of aliphatic hydroxyl groups excluding tert-OH is 1. The number of fused-ring (bicyclic) bond motifs is 1. The number of amides is 1. The van der Waals surface area contributed by atoms with Gasteiger partial charge in [-0.15, -0.1) is 0 Å². The van der Waals surface area contributed by atoms with Crippen LogP contribution in [-0.2, 0) is 0 Å². The summed E-state index contributed by atoms with van der Waals surface area (Å²) in [6.07, 6.45) is 0. The van der Waals surface area contributed by atoms with E-state index in [2.05, 4.69) is 5.32 Å². The van der Waals surface area contributed by atoms with E-state index in [1.807, 2.05) is 0 Å². The first-order valence-corrected chi connectivity index (χ1v) is 6.38. The van der Waals surface area contributed by atoms with Gasteiger partial charge in [0.25, 0.3) is 5.91 Å². The van der Waals surface area contributed by atoms with Crippen LogP contribution >= 0.6 is 0 Å². The lowest BCUT2D eigenvalue weighted by atomic mass is 10.0. The van der Waals surface area contributed by atoms with Gasteiger partial charge in [-0.05, 0) is 39.0 Å². The first-order valence-electron chi connectivity index (χ1n) is 6.38. The van der Waals surface area contributed by atoms with Gasteiger partial charge >= 0.3 is 0 Å². The fraction of sp³-hybridized carbons (Fsp3) is 0.400. The predicted octanol–water partition coefficient (Wildman–Crippen LogP) is 2.25. The molecule has 2 rings (SSSR count). The Hall–Kier alpha value is -2.01. The zero-order valence-electron chi connectivity index (χ0n) is 12.1. The average molecular weight is 277 g/mol. The number of carbonyl (C=O) groups is 1. The van der Waals surface area contributed by atoms with E-state index in [1.165, 1.54) is 0 Å². The molecule has 1 aromatic carbocycles. The Labute approximate surface area is 117 Å². The number of ether oxygens (including phenoxy) is 1. The monoisotopic (exact) mass is 277 g/mol. The van der Waals surface area contributed by atoms with Crippen LogP contribution in [-0.4, -0.2) is 30.3 Å². The van der Waals surface area contributed by atoms with Crippen molar-refractivity contribution >= 4 is 16.9 Å². The molecule has 2 aromatic rings. The van der Waals surface area contributed by atoms with Crippen molar-refractivity contribution in [3.05, 3.63) is 29.5 Å². The Kier molecular flexibility index (Phi) is 3.72. The number of furan rings is 1. The summed E-state index contributed by atoms with van der Waals surface area (Å²) in [4.78, 5) is 12.4. The highest BCUT2D eigenvalue weighted by Crippen LogP contribution is 2.29. The van der Waals surface area contributed by atoms with E-state index in [0.717, 1.165) is 0 Å². The fourth-order valence-electron chi connectivity index (χ4n) is 2.02. The van der Waals surface area contributed by atoms with Crippen LogP contribution in [0.1, 0.15) is 30.0 Å². The third-order valence-corrected chi connectivity index (χ3v) is 3.15. The molecule has 0 aliphatic heterocycles. The number of hydrogen-bond donors (Lipinski definition) is 2. The summed E-state index contributed by atoms with van der Waals surface area (Å²) in [5.41, 5.74) is 0.419. The normalized spacial score (nSPS) is 11.7. The van der Waals surface area contributed by atoms with Gasteiger partial charge < -0.3 is 19.6 Å². The maximum atomic E-state index is 12.4. The summed E-state index contributed by atoms with van der Waals surface area (Å²) < 4.78 is 10.8. The van der Waals surface area contributed by atoms with Crippen LogP contribution in [0.3, 0.4) is 0 Å². The largest absolute Gasteiger partial charge is 0.497 e. The summed E-state index contributed by atoms with van der Waals surface area (Å²) in [6, 6.07) is 5.33. The van der Waals surface area contributed by atoms with Crippen molar-refractivity contribution in [3.8, 4) is 5.75 Å². The van der Waals surface area contributed by atoms with Crippen LogP contribution in [0.5, 0.6) is 5.75 Å². The Balaban J connectivity index is 2.47. The van der Waals surface area contributed by atoms with Gasteiger partial charge in [0.2, 0.25) is 0 Å². The summed E-state index contributed by atoms with van der Waals surface area (Å²) in [7, 11) is 1.57. The van der Waals surface area contributed by atoms with Gasteiger partial charge in [0.1, 0.15) is 17.1 Å². The predicted molar refractivity (Wildman–Crippen MR) is 76.1 cm³/mol. The van der Waals surface area contributed by atoms with E-state index >= 15 is 0 Å². The average Bonchev–Trinajstić information content (AvgIpc) is 2.73. The number of hydrogen-bond acceptors (Lipinski definition) is 4. The first-order chi connectivity index (χ1) is 9.38. The molecular formula is C15H19NO4. The highest BCUT2D eigenvalue weighted by Gasteiger charge is 2.24. The minimum absolute atomic E-state index is 0.142. The van der Waals surface area contributed by atoms with Crippen molar-refractivity contribution < 1.29 is 19.1 Å². The Bertz CT molecular complexity index is 643. The van der Waals surface area contributed by atoms with Gasteiger partial charge in [0.05, 0.1) is 24.8 Å². The van der Waals surface area contributed by atoms with Crippen LogP contribution in [0.25, 0.3) is 11.0 Å². The van der Waals surface area contributed by atoms with Crippen LogP contribution in [0.2, 0.25) is 0 Å². The SMILES string of the molecule is COc1ccc2oc(C)c(C(=O)NC(C)(C)CO)c2c1. The zero-order chi connectivity index (χ0) is 14.9. The van der Waals surface area contributed by atoms with Gasteiger partial charge in [-0.2, -0.15) is 0 Å². The standard InChI is InChI=1S/C15H19NO4/c1-9-13(14(18)16-15(2,3)8-17)11-7-10(19-4)5-6-12(11)20-9/h5-7,17H,8H2,1-4H3,(H,16,18). The van der Waals surface area contributed by atoms with E-state index in [4.69, 9.17) is 9.15 Å². The quantitative estimate of drug-likeness (QED) is 0.899. The second kappa shape index (κ2) is 5.17. The minimum atomic E-state index is -0.689. The summed E-state index contributed by atoms with van der Waals surface area (Å²) >= 11 is 0. The zero-order valence-corrected chi connectivity index (χ0v) is 12.1. The van der Waals surface area contributed by atoms with Gasteiger partial charge in [-0.3, -0.25) is 4.79 Å². The summed E-state index contributed by atoms with van der Waals surface area (Å²) in [6.45, 7) is 5.11. The van der Waals surface area contributed by atoms with Gasteiger partial charge in [0.15, 0.2) is 0 Å². The van der Waals surface area contributed by atoms with Crippen LogP contribution in [0.15, 0.2) is 22.6 Å². The second-order valence-electron chi connectivity index (χ2n) is 5.39. The van der Waals surface area contributed by atoms with E-state index in [9.17, 15) is 9.90 Å². The molecule has 0 radical (unpaired) electrons. The minimum Gasteiger partial charge on any atom is -0.497 e. The third-order valence-electron chi connectivity index (χ3n) is 3.15. The number of nitrogens with one attached hydrogen (secondary N) is 1. The lowest BCUT2D eigenvalue weighted by Gasteiger charge is -2.23. The fourth-order valence-corrected chi connectivity index (χ4v) is 2.02. The third kappa shape index (κ3) is 2.63. The maximum Gasteiger partial charge on any atom is 0.255 e. The second-order valence-corrected chi connectivity index (χ2v) is 5.39. The molecule has 0 atom stereocenters. The molecule has 1 amide bonds. The van der Waals surface area contributed by atoms with Crippen LogP contribution in [0, 0.1) is 6.92 Å². The molecule has 108 valence electrons. The molecule has 0 aliphatic rings. The van der Waals surface area contributed by atoms with Crippen LogP contribution in [0.4, 0.5) is 0 Å². The lowest BCUT2D eigenvalue weighted by Crippen LogP contribution is -2.46. The summed E-state index contributed by atoms with van der Waals surface area (Å²) in [5.74, 6) is 0.932. The molecule has 20 heavy (non-hydrogen) atoms. The number of rotatable bonds is 4. The first kappa shape index (κ1) is 14.4. The van der Waals surface area contributed by atoms with E-state index in [1.54, 1.807) is 46.1 Å². The molecule has 0 aliphatic carbocycles. The molecule has 0 unspecified atom stereocenters. The number of methoxy groups -OCH3 is 1. The molecule has 5 nitrogen and oxygen atoms in total. The molecule has 0 spiro atoms. The molecule has 1 aromatic heterocycles. The summed E-state index contributed by atoms with van der Waals surface area (Å²) in [5, 5.41) is 12.7. The number of aryl methyl sites for hydroxylation is 1. The molecule has 0 saturated carbocycles. The van der Waals surface area contributed by atoms with Gasteiger partial charge in [0, 0.05) is 5.39 Å². The molecule has 5 heteroatoms. The van der Waals surface area contributed by atoms with E-state index in [0.29, 0.717) is 28.0 Å². The Morgan fingerprint density at radius 3 is 2.75 bits per heavy atom. The van der Waals surface area contributed by atoms with Gasteiger partial charge in [-0.25, -0.2) is 0 Å². The topological polar surface area (TPSA) is 71.7 Å². The lowest BCUT2D eigenvalue weighted by molar-refractivity contribution is 0.0869. The molecule has 2 N–H and O–H groups in total. The van der Waals surface area contributed by atoms with Crippen molar-refractivity contribution in [3.63, 3.8) is 0 Å². The van der Waals surface area contributed by atoms with Crippen molar-refractivity contribution in [2.24, 2.45) is 0 Å². The molecule has 1 heterocycles. The van der Waals surface area contributed by atoms with Crippen molar-refractivity contribution in [2.45, 2.75) is 26.3 Å². The number of benzene rings is 1. The Morgan fingerprint density at radius 1 is 1.45 bits per heavy atom.